The number of amides is 2. The van der Waals surface area contributed by atoms with Crippen LogP contribution in [0.25, 0.3) is 0 Å². The van der Waals surface area contributed by atoms with E-state index in [9.17, 15) is 9.59 Å². The summed E-state index contributed by atoms with van der Waals surface area (Å²) in [6.07, 6.45) is 0.137. The Hall–Kier alpha value is -1.88. The molecule has 0 spiro atoms. The van der Waals surface area contributed by atoms with Crippen molar-refractivity contribution in [1.29, 1.82) is 0 Å². The highest BCUT2D eigenvalue weighted by Crippen LogP contribution is 2.27. The number of aryl methyl sites for hydroxylation is 1. The van der Waals surface area contributed by atoms with E-state index >= 15 is 0 Å². The van der Waals surface area contributed by atoms with Crippen LogP contribution in [0.1, 0.15) is 17.5 Å². The van der Waals surface area contributed by atoms with Gasteiger partial charge in [-0.1, -0.05) is 41.4 Å². The zero-order chi connectivity index (χ0) is 17.3. The topological polar surface area (TPSA) is 49.4 Å². The van der Waals surface area contributed by atoms with Gasteiger partial charge in [0, 0.05) is 16.6 Å². The van der Waals surface area contributed by atoms with Crippen LogP contribution in [0, 0.1) is 6.92 Å². The van der Waals surface area contributed by atoms with E-state index in [0.29, 0.717) is 22.3 Å². The number of rotatable bonds is 4. The Morgan fingerprint density at radius 1 is 1.12 bits per heavy atom. The average molecular weight is 363 g/mol. The van der Waals surface area contributed by atoms with Crippen molar-refractivity contribution in [2.45, 2.75) is 25.9 Å². The van der Waals surface area contributed by atoms with Gasteiger partial charge in [0.05, 0.1) is 18.2 Å². The van der Waals surface area contributed by atoms with E-state index in [1.807, 2.05) is 19.1 Å². The summed E-state index contributed by atoms with van der Waals surface area (Å²) >= 11 is 12.0. The van der Waals surface area contributed by atoms with E-state index in [4.69, 9.17) is 23.2 Å². The van der Waals surface area contributed by atoms with Crippen LogP contribution in [0.2, 0.25) is 10.0 Å². The van der Waals surface area contributed by atoms with Crippen LogP contribution in [0.4, 0.5) is 5.69 Å². The predicted octanol–water partition coefficient (Wildman–Crippen LogP) is 3.72. The molecule has 0 radical (unpaired) electrons. The summed E-state index contributed by atoms with van der Waals surface area (Å²) in [5, 5.41) is 4.33. The molecule has 24 heavy (non-hydrogen) atoms. The number of anilines is 1. The van der Waals surface area contributed by atoms with Crippen LogP contribution < -0.4 is 10.2 Å². The van der Waals surface area contributed by atoms with Crippen LogP contribution in [0.5, 0.6) is 0 Å². The Morgan fingerprint density at radius 2 is 1.83 bits per heavy atom. The molecule has 2 amide bonds. The summed E-state index contributed by atoms with van der Waals surface area (Å²) in [5.41, 5.74) is 2.41. The van der Waals surface area contributed by atoms with Gasteiger partial charge in [0.2, 0.25) is 5.91 Å². The molecule has 0 aliphatic carbocycles. The summed E-state index contributed by atoms with van der Waals surface area (Å²) in [7, 11) is 0. The molecule has 1 heterocycles. The third kappa shape index (κ3) is 3.46. The van der Waals surface area contributed by atoms with Crippen LogP contribution in [0.15, 0.2) is 42.5 Å². The highest BCUT2D eigenvalue weighted by atomic mass is 35.5. The normalized spacial score (nSPS) is 17.6. The van der Waals surface area contributed by atoms with Crippen molar-refractivity contribution in [1.82, 2.24) is 5.32 Å². The molecular weight excluding hydrogens is 347 g/mol. The maximum atomic E-state index is 12.6. The number of halogens is 2. The Balaban J connectivity index is 1.71. The number of hydrogen-bond acceptors (Lipinski definition) is 3. The smallest absolute Gasteiger partial charge is 0.251 e. The van der Waals surface area contributed by atoms with E-state index < -0.39 is 6.04 Å². The molecule has 1 atom stereocenters. The molecule has 1 unspecified atom stereocenters. The molecule has 1 aliphatic heterocycles. The van der Waals surface area contributed by atoms with Crippen LogP contribution in [-0.2, 0) is 16.1 Å². The van der Waals surface area contributed by atoms with Crippen molar-refractivity contribution >= 4 is 40.7 Å². The minimum absolute atomic E-state index is 0.137. The van der Waals surface area contributed by atoms with Crippen LogP contribution in [0.3, 0.4) is 0 Å². The second kappa shape index (κ2) is 6.93. The summed E-state index contributed by atoms with van der Waals surface area (Å²) in [4.78, 5) is 26.0. The average Bonchev–Trinajstić information content (AvgIpc) is 2.84. The molecule has 2 aromatic carbocycles. The standard InChI is InChI=1S/C18H16Cl2N2O2/c1-11-2-7-14(8-15(11)20)22-17(23)9-16(18(22)24)21-10-12-3-5-13(19)6-4-12/h2-8,16,21H,9-10H2,1H3. The Bertz CT molecular complexity index is 790. The van der Waals surface area contributed by atoms with Gasteiger partial charge < -0.3 is 5.32 Å². The lowest BCUT2D eigenvalue weighted by Crippen LogP contribution is -2.38. The van der Waals surface area contributed by atoms with Gasteiger partial charge in [-0.15, -0.1) is 0 Å². The molecule has 1 aliphatic rings. The van der Waals surface area contributed by atoms with Gasteiger partial charge >= 0.3 is 0 Å². The number of nitrogens with one attached hydrogen (secondary N) is 1. The van der Waals surface area contributed by atoms with Crippen LogP contribution >= 0.6 is 23.2 Å². The van der Waals surface area contributed by atoms with Crippen molar-refractivity contribution in [2.24, 2.45) is 0 Å². The van der Waals surface area contributed by atoms with Gasteiger partial charge in [0.25, 0.3) is 5.91 Å². The Labute approximate surface area is 150 Å². The van der Waals surface area contributed by atoms with Gasteiger partial charge in [0.15, 0.2) is 0 Å². The van der Waals surface area contributed by atoms with E-state index in [1.54, 1.807) is 30.3 Å². The first kappa shape index (κ1) is 17.0. The first-order chi connectivity index (χ1) is 11.5. The van der Waals surface area contributed by atoms with Crippen molar-refractivity contribution in [3.63, 3.8) is 0 Å². The summed E-state index contributed by atoms with van der Waals surface area (Å²) < 4.78 is 0. The lowest BCUT2D eigenvalue weighted by molar-refractivity contribution is -0.121. The predicted molar refractivity (Wildman–Crippen MR) is 95.4 cm³/mol. The van der Waals surface area contributed by atoms with Crippen molar-refractivity contribution in [2.75, 3.05) is 4.90 Å². The maximum Gasteiger partial charge on any atom is 0.251 e. The highest BCUT2D eigenvalue weighted by Gasteiger charge is 2.39. The van der Waals surface area contributed by atoms with E-state index in [-0.39, 0.29) is 18.2 Å². The first-order valence-electron chi connectivity index (χ1n) is 7.56. The lowest BCUT2D eigenvalue weighted by Gasteiger charge is -2.16. The molecule has 3 rings (SSSR count). The fraction of sp³-hybridized carbons (Fsp3) is 0.222. The second-order valence-corrected chi connectivity index (χ2v) is 6.61. The number of carbonyl (C=O) groups is 2. The molecule has 0 aromatic heterocycles. The van der Waals surface area contributed by atoms with Crippen molar-refractivity contribution in [3.8, 4) is 0 Å². The monoisotopic (exact) mass is 362 g/mol. The van der Waals surface area contributed by atoms with Gasteiger partial charge in [-0.05, 0) is 42.3 Å². The fourth-order valence-corrected chi connectivity index (χ4v) is 2.93. The number of benzene rings is 2. The molecule has 1 fully saturated rings. The van der Waals surface area contributed by atoms with Gasteiger partial charge in [0.1, 0.15) is 0 Å². The van der Waals surface area contributed by atoms with E-state index in [0.717, 1.165) is 11.1 Å². The molecule has 1 N–H and O–H groups in total. The van der Waals surface area contributed by atoms with Crippen molar-refractivity contribution < 1.29 is 9.59 Å². The van der Waals surface area contributed by atoms with Gasteiger partial charge in [-0.2, -0.15) is 0 Å². The molecule has 6 heteroatoms. The van der Waals surface area contributed by atoms with E-state index in [1.165, 1.54) is 4.90 Å². The van der Waals surface area contributed by atoms with Gasteiger partial charge in [-0.25, -0.2) is 4.90 Å². The summed E-state index contributed by atoms with van der Waals surface area (Å²) in [6, 6.07) is 12.0. The molecule has 2 aromatic rings. The van der Waals surface area contributed by atoms with Gasteiger partial charge in [-0.3, -0.25) is 9.59 Å². The Kier molecular flexibility index (Phi) is 4.90. The highest BCUT2D eigenvalue weighted by molar-refractivity contribution is 6.32. The number of hydrogen-bond donors (Lipinski definition) is 1. The van der Waals surface area contributed by atoms with Crippen LogP contribution in [-0.4, -0.2) is 17.9 Å². The summed E-state index contributed by atoms with van der Waals surface area (Å²) in [5.74, 6) is -0.484. The zero-order valence-electron chi connectivity index (χ0n) is 13.1. The Morgan fingerprint density at radius 3 is 2.50 bits per heavy atom. The first-order valence-corrected chi connectivity index (χ1v) is 8.32. The zero-order valence-corrected chi connectivity index (χ0v) is 14.6. The fourth-order valence-electron chi connectivity index (χ4n) is 2.63. The number of carbonyl (C=O) groups excluding carboxylic acids is 2. The molecule has 0 bridgehead atoms. The summed E-state index contributed by atoms with van der Waals surface area (Å²) in [6.45, 7) is 2.36. The minimum Gasteiger partial charge on any atom is -0.301 e. The maximum absolute atomic E-state index is 12.6. The quantitative estimate of drug-likeness (QED) is 0.843. The molecule has 0 saturated carbocycles. The molecule has 4 nitrogen and oxygen atoms in total. The third-order valence-electron chi connectivity index (χ3n) is 4.03. The molecule has 1 saturated heterocycles. The van der Waals surface area contributed by atoms with E-state index in [2.05, 4.69) is 5.32 Å². The SMILES string of the molecule is Cc1ccc(N2C(=O)CC(NCc3ccc(Cl)cc3)C2=O)cc1Cl. The second-order valence-electron chi connectivity index (χ2n) is 5.76. The lowest BCUT2D eigenvalue weighted by atomic mass is 10.2. The molecular formula is C18H16Cl2N2O2. The number of nitrogens with zero attached hydrogens (tertiary/aromatic N) is 1. The minimum atomic E-state index is -0.534. The number of imide groups is 1. The molecule has 124 valence electrons. The third-order valence-corrected chi connectivity index (χ3v) is 4.69. The largest absolute Gasteiger partial charge is 0.301 e. The van der Waals surface area contributed by atoms with Crippen molar-refractivity contribution in [3.05, 3.63) is 63.6 Å².